The van der Waals surface area contributed by atoms with Crippen LogP contribution in [0.1, 0.15) is 5.56 Å². The van der Waals surface area contributed by atoms with Crippen LogP contribution in [0.5, 0.6) is 5.75 Å². The van der Waals surface area contributed by atoms with Crippen LogP contribution in [0.25, 0.3) is 0 Å². The van der Waals surface area contributed by atoms with Gasteiger partial charge in [-0.2, -0.15) is 25.8 Å². The van der Waals surface area contributed by atoms with Crippen molar-refractivity contribution in [3.05, 3.63) is 42.0 Å². The normalized spacial score (nSPS) is 12.0. The van der Waals surface area contributed by atoms with Crippen molar-refractivity contribution in [2.45, 2.75) is 6.18 Å². The molecule has 0 aliphatic heterocycles. The number of thiol groups is 1. The zero-order chi connectivity index (χ0) is 12.0. The topological polar surface area (TPSA) is 9.23 Å². The second kappa shape index (κ2) is 5.84. The first-order valence-electron chi connectivity index (χ1n) is 4.60. The van der Waals surface area contributed by atoms with Crippen molar-refractivity contribution in [1.82, 2.24) is 0 Å². The standard InChI is InChI=1S/C11H11F3OS/c12-11(13,14)9-4-3-5-10(8-9)15-6-1-2-7-16/h1-5,8,16H,6-7H2. The number of alkyl halides is 3. The molecule has 0 N–H and O–H groups in total. The van der Waals surface area contributed by atoms with Crippen molar-refractivity contribution < 1.29 is 17.9 Å². The quantitative estimate of drug-likeness (QED) is 0.633. The molecule has 0 saturated carbocycles. The Kier molecular flexibility index (Phi) is 4.73. The van der Waals surface area contributed by atoms with Crippen LogP contribution in [-0.4, -0.2) is 12.4 Å². The summed E-state index contributed by atoms with van der Waals surface area (Å²) in [5.74, 6) is 0.782. The Bertz CT molecular complexity index is 360. The molecule has 0 aliphatic rings. The molecule has 0 amide bonds. The molecule has 1 nitrogen and oxygen atoms in total. The average molecular weight is 248 g/mol. The van der Waals surface area contributed by atoms with Gasteiger partial charge in [0.2, 0.25) is 0 Å². The lowest BCUT2D eigenvalue weighted by molar-refractivity contribution is -0.137. The lowest BCUT2D eigenvalue weighted by atomic mass is 10.2. The number of hydrogen-bond acceptors (Lipinski definition) is 2. The average Bonchev–Trinajstić information content (AvgIpc) is 2.24. The summed E-state index contributed by atoms with van der Waals surface area (Å²) < 4.78 is 42.1. The Hall–Kier alpha value is -1.10. The van der Waals surface area contributed by atoms with E-state index in [1.807, 2.05) is 0 Å². The fourth-order valence-electron chi connectivity index (χ4n) is 1.05. The molecule has 0 aliphatic carbocycles. The minimum Gasteiger partial charge on any atom is -0.490 e. The maximum Gasteiger partial charge on any atom is 0.416 e. The maximum absolute atomic E-state index is 12.3. The summed E-state index contributed by atoms with van der Waals surface area (Å²) in [6.45, 7) is 0.238. The number of rotatable bonds is 4. The molecule has 16 heavy (non-hydrogen) atoms. The smallest absolute Gasteiger partial charge is 0.416 e. The van der Waals surface area contributed by atoms with Crippen molar-refractivity contribution in [1.29, 1.82) is 0 Å². The van der Waals surface area contributed by atoms with Crippen molar-refractivity contribution in [3.8, 4) is 5.75 Å². The van der Waals surface area contributed by atoms with Gasteiger partial charge in [0.1, 0.15) is 12.4 Å². The van der Waals surface area contributed by atoms with Gasteiger partial charge in [-0.05, 0) is 18.2 Å². The second-order valence-corrected chi connectivity index (χ2v) is 3.36. The molecule has 88 valence electrons. The van der Waals surface area contributed by atoms with Crippen molar-refractivity contribution >= 4 is 12.6 Å². The van der Waals surface area contributed by atoms with Crippen LogP contribution in [0.2, 0.25) is 0 Å². The number of hydrogen-bond donors (Lipinski definition) is 1. The van der Waals surface area contributed by atoms with E-state index >= 15 is 0 Å². The van der Waals surface area contributed by atoms with Crippen LogP contribution in [0.4, 0.5) is 13.2 Å². The van der Waals surface area contributed by atoms with Gasteiger partial charge in [-0.15, -0.1) is 0 Å². The van der Waals surface area contributed by atoms with E-state index in [0.29, 0.717) is 5.75 Å². The van der Waals surface area contributed by atoms with E-state index in [4.69, 9.17) is 4.74 Å². The predicted octanol–water partition coefficient (Wildman–Crippen LogP) is 3.57. The number of ether oxygens (including phenoxy) is 1. The Morgan fingerprint density at radius 2 is 2.00 bits per heavy atom. The van der Waals surface area contributed by atoms with Crippen molar-refractivity contribution in [2.75, 3.05) is 12.4 Å². The SMILES string of the molecule is FC(F)(F)c1cccc(OCC=CCS)c1. The third kappa shape index (κ3) is 4.18. The molecule has 0 unspecified atom stereocenters. The van der Waals surface area contributed by atoms with Crippen LogP contribution in [0, 0.1) is 0 Å². The van der Waals surface area contributed by atoms with Crippen molar-refractivity contribution in [3.63, 3.8) is 0 Å². The molecule has 0 radical (unpaired) electrons. The molecule has 0 heterocycles. The van der Waals surface area contributed by atoms with Crippen LogP contribution in [-0.2, 0) is 6.18 Å². The third-order valence-corrected chi connectivity index (χ3v) is 1.99. The highest BCUT2D eigenvalue weighted by Crippen LogP contribution is 2.31. The fourth-order valence-corrected chi connectivity index (χ4v) is 1.20. The molecule has 1 aromatic carbocycles. The Balaban J connectivity index is 2.65. The van der Waals surface area contributed by atoms with Crippen LogP contribution in [0.3, 0.4) is 0 Å². The summed E-state index contributed by atoms with van der Waals surface area (Å²) in [5, 5.41) is 0. The summed E-state index contributed by atoms with van der Waals surface area (Å²) in [7, 11) is 0. The van der Waals surface area contributed by atoms with E-state index in [-0.39, 0.29) is 12.4 Å². The van der Waals surface area contributed by atoms with Gasteiger partial charge in [0.25, 0.3) is 0 Å². The Morgan fingerprint density at radius 1 is 1.25 bits per heavy atom. The minimum atomic E-state index is -4.33. The highest BCUT2D eigenvalue weighted by molar-refractivity contribution is 7.80. The molecule has 0 aromatic heterocycles. The van der Waals surface area contributed by atoms with Gasteiger partial charge in [-0.1, -0.05) is 18.2 Å². The fraction of sp³-hybridized carbons (Fsp3) is 0.273. The highest BCUT2D eigenvalue weighted by Gasteiger charge is 2.30. The van der Waals surface area contributed by atoms with Crippen LogP contribution in [0.15, 0.2) is 36.4 Å². The first kappa shape index (κ1) is 13.0. The second-order valence-electron chi connectivity index (χ2n) is 2.99. The molecule has 0 spiro atoms. The molecular weight excluding hydrogens is 237 g/mol. The molecule has 0 atom stereocenters. The molecular formula is C11H11F3OS. The summed E-state index contributed by atoms with van der Waals surface area (Å²) in [5.41, 5.74) is -0.705. The van der Waals surface area contributed by atoms with E-state index < -0.39 is 11.7 Å². The molecule has 0 bridgehead atoms. The summed E-state index contributed by atoms with van der Waals surface area (Å²) in [4.78, 5) is 0. The molecule has 1 aromatic rings. The van der Waals surface area contributed by atoms with E-state index in [0.717, 1.165) is 12.1 Å². The third-order valence-electron chi connectivity index (χ3n) is 1.78. The minimum absolute atomic E-state index is 0.207. The lowest BCUT2D eigenvalue weighted by Crippen LogP contribution is -2.05. The van der Waals surface area contributed by atoms with Gasteiger partial charge in [0.15, 0.2) is 0 Å². The predicted molar refractivity (Wildman–Crippen MR) is 59.9 cm³/mol. The van der Waals surface area contributed by atoms with Gasteiger partial charge in [0.05, 0.1) is 5.56 Å². The van der Waals surface area contributed by atoms with E-state index in [9.17, 15) is 13.2 Å². The zero-order valence-corrected chi connectivity index (χ0v) is 9.26. The summed E-state index contributed by atoms with van der Waals surface area (Å²) in [6.07, 6.45) is -0.871. The molecule has 0 saturated heterocycles. The van der Waals surface area contributed by atoms with Crippen molar-refractivity contribution in [2.24, 2.45) is 0 Å². The van der Waals surface area contributed by atoms with Gasteiger partial charge in [-0.3, -0.25) is 0 Å². The van der Waals surface area contributed by atoms with Gasteiger partial charge < -0.3 is 4.74 Å². The largest absolute Gasteiger partial charge is 0.490 e. The van der Waals surface area contributed by atoms with E-state index in [1.54, 1.807) is 12.2 Å². The van der Waals surface area contributed by atoms with E-state index in [2.05, 4.69) is 12.6 Å². The first-order valence-corrected chi connectivity index (χ1v) is 5.23. The summed E-state index contributed by atoms with van der Waals surface area (Å²) in [6, 6.07) is 4.80. The monoisotopic (exact) mass is 248 g/mol. The lowest BCUT2D eigenvalue weighted by Gasteiger charge is -2.08. The Labute approximate surface area is 97.3 Å². The molecule has 1 rings (SSSR count). The molecule has 0 fully saturated rings. The number of benzene rings is 1. The van der Waals surface area contributed by atoms with Gasteiger partial charge >= 0.3 is 6.18 Å². The van der Waals surface area contributed by atoms with Gasteiger partial charge in [-0.25, -0.2) is 0 Å². The van der Waals surface area contributed by atoms with Gasteiger partial charge in [0, 0.05) is 5.75 Å². The maximum atomic E-state index is 12.3. The van der Waals surface area contributed by atoms with Crippen LogP contribution < -0.4 is 4.74 Å². The molecule has 5 heteroatoms. The zero-order valence-electron chi connectivity index (χ0n) is 8.37. The number of halogens is 3. The highest BCUT2D eigenvalue weighted by atomic mass is 32.1. The first-order chi connectivity index (χ1) is 7.54. The van der Waals surface area contributed by atoms with Crippen LogP contribution >= 0.6 is 12.6 Å². The summed E-state index contributed by atoms with van der Waals surface area (Å²) >= 11 is 3.94. The van der Waals surface area contributed by atoms with E-state index in [1.165, 1.54) is 12.1 Å². The Morgan fingerprint density at radius 3 is 2.62 bits per heavy atom.